The Bertz CT molecular complexity index is 663. The Morgan fingerprint density at radius 1 is 1.43 bits per heavy atom. The molecule has 0 atom stereocenters. The Labute approximate surface area is 127 Å². The number of aryl methyl sites for hydroxylation is 1. The Morgan fingerprint density at radius 3 is 2.86 bits per heavy atom. The third kappa shape index (κ3) is 2.82. The van der Waals surface area contributed by atoms with Gasteiger partial charge in [-0.1, -0.05) is 11.3 Å². The van der Waals surface area contributed by atoms with Crippen LogP contribution in [0.1, 0.15) is 28.2 Å². The van der Waals surface area contributed by atoms with Crippen LogP contribution in [0.5, 0.6) is 0 Å². The van der Waals surface area contributed by atoms with E-state index in [4.69, 9.17) is 5.73 Å². The molecule has 2 aromatic rings. The lowest BCUT2D eigenvalue weighted by Crippen LogP contribution is -2.22. The van der Waals surface area contributed by atoms with Crippen LogP contribution in [0.25, 0.3) is 0 Å². The second-order valence-electron chi connectivity index (χ2n) is 4.99. The van der Waals surface area contributed by atoms with Crippen LogP contribution in [0.15, 0.2) is 18.3 Å². The van der Waals surface area contributed by atoms with Crippen LogP contribution in [0, 0.1) is 6.92 Å². The second kappa shape index (κ2) is 5.69. The summed E-state index contributed by atoms with van der Waals surface area (Å²) >= 11 is 1.20. The fraction of sp³-hybridized carbons (Fsp3) is 0.357. The molecule has 0 spiro atoms. The SMILES string of the molecule is Cc1nc(N)sc1C(=O)Nc1cccnc1N1CCCC1. The molecule has 0 aromatic carbocycles. The number of hydrogen-bond donors (Lipinski definition) is 2. The first kappa shape index (κ1) is 13.8. The quantitative estimate of drug-likeness (QED) is 0.908. The summed E-state index contributed by atoms with van der Waals surface area (Å²) in [6.07, 6.45) is 4.07. The smallest absolute Gasteiger partial charge is 0.267 e. The molecule has 2 aromatic heterocycles. The Balaban J connectivity index is 1.84. The van der Waals surface area contributed by atoms with E-state index in [1.165, 1.54) is 11.3 Å². The van der Waals surface area contributed by atoms with Gasteiger partial charge in [0, 0.05) is 19.3 Å². The van der Waals surface area contributed by atoms with Crippen LogP contribution in [-0.2, 0) is 0 Å². The van der Waals surface area contributed by atoms with E-state index in [0.29, 0.717) is 15.7 Å². The van der Waals surface area contributed by atoms with Gasteiger partial charge in [-0.2, -0.15) is 0 Å². The standard InChI is InChI=1S/C14H17N5OS/c1-9-11(21-14(15)17-9)13(20)18-10-5-4-6-16-12(10)19-7-2-3-8-19/h4-6H,2-3,7-8H2,1H3,(H2,15,17)(H,18,20). The minimum atomic E-state index is -0.185. The maximum atomic E-state index is 12.4. The van der Waals surface area contributed by atoms with Gasteiger partial charge in [-0.05, 0) is 31.9 Å². The molecule has 1 fully saturated rings. The van der Waals surface area contributed by atoms with Gasteiger partial charge in [0.15, 0.2) is 10.9 Å². The molecule has 1 amide bonds. The predicted molar refractivity (Wildman–Crippen MR) is 84.9 cm³/mol. The number of carbonyl (C=O) groups is 1. The topological polar surface area (TPSA) is 84.1 Å². The van der Waals surface area contributed by atoms with E-state index in [1.807, 2.05) is 12.1 Å². The van der Waals surface area contributed by atoms with Crippen LogP contribution in [-0.4, -0.2) is 29.0 Å². The van der Waals surface area contributed by atoms with Crippen molar-refractivity contribution in [1.82, 2.24) is 9.97 Å². The van der Waals surface area contributed by atoms with Gasteiger partial charge in [0.05, 0.1) is 11.4 Å². The summed E-state index contributed by atoms with van der Waals surface area (Å²) in [6, 6.07) is 3.70. The number of nitrogens with zero attached hydrogens (tertiary/aromatic N) is 3. The molecular weight excluding hydrogens is 286 g/mol. The van der Waals surface area contributed by atoms with Crippen LogP contribution in [0.2, 0.25) is 0 Å². The number of carbonyl (C=O) groups excluding carboxylic acids is 1. The van der Waals surface area contributed by atoms with E-state index >= 15 is 0 Å². The summed E-state index contributed by atoms with van der Waals surface area (Å²) in [4.78, 5) is 23.6. The number of nitrogens with one attached hydrogen (secondary N) is 1. The first-order valence-electron chi connectivity index (χ1n) is 6.89. The number of nitrogen functional groups attached to an aromatic ring is 1. The van der Waals surface area contributed by atoms with E-state index in [0.717, 1.165) is 37.4 Å². The highest BCUT2D eigenvalue weighted by molar-refractivity contribution is 7.17. The molecule has 1 saturated heterocycles. The van der Waals surface area contributed by atoms with Crippen LogP contribution >= 0.6 is 11.3 Å². The first-order chi connectivity index (χ1) is 10.1. The molecule has 0 radical (unpaired) electrons. The highest BCUT2D eigenvalue weighted by atomic mass is 32.1. The monoisotopic (exact) mass is 303 g/mol. The van der Waals surface area contributed by atoms with Gasteiger partial charge in [-0.15, -0.1) is 0 Å². The van der Waals surface area contributed by atoms with E-state index in [9.17, 15) is 4.79 Å². The highest BCUT2D eigenvalue weighted by Gasteiger charge is 2.20. The van der Waals surface area contributed by atoms with Gasteiger partial charge < -0.3 is 16.0 Å². The fourth-order valence-corrected chi connectivity index (χ4v) is 3.21. The molecule has 21 heavy (non-hydrogen) atoms. The largest absolute Gasteiger partial charge is 0.375 e. The first-order valence-corrected chi connectivity index (χ1v) is 7.71. The zero-order valence-electron chi connectivity index (χ0n) is 11.8. The number of hydrogen-bond acceptors (Lipinski definition) is 6. The van der Waals surface area contributed by atoms with Gasteiger partial charge in [-0.25, -0.2) is 9.97 Å². The Kier molecular flexibility index (Phi) is 3.74. The molecule has 7 heteroatoms. The van der Waals surface area contributed by atoms with Crippen molar-refractivity contribution in [3.63, 3.8) is 0 Å². The Hall–Kier alpha value is -2.15. The van der Waals surface area contributed by atoms with Gasteiger partial charge in [0.2, 0.25) is 0 Å². The third-order valence-electron chi connectivity index (χ3n) is 3.46. The Morgan fingerprint density at radius 2 is 2.19 bits per heavy atom. The minimum Gasteiger partial charge on any atom is -0.375 e. The van der Waals surface area contributed by atoms with Crippen molar-refractivity contribution >= 4 is 33.9 Å². The number of nitrogens with two attached hydrogens (primary N) is 1. The van der Waals surface area contributed by atoms with E-state index < -0.39 is 0 Å². The van der Waals surface area contributed by atoms with Crippen LogP contribution in [0.4, 0.5) is 16.6 Å². The average Bonchev–Trinajstić information content (AvgIpc) is 3.09. The molecule has 3 heterocycles. The van der Waals surface area contributed by atoms with Gasteiger partial charge >= 0.3 is 0 Å². The summed E-state index contributed by atoms with van der Waals surface area (Å²) in [6.45, 7) is 3.74. The molecule has 0 bridgehead atoms. The second-order valence-corrected chi connectivity index (χ2v) is 6.02. The number of pyridine rings is 1. The van der Waals surface area contributed by atoms with E-state index in [2.05, 4.69) is 20.2 Å². The van der Waals surface area contributed by atoms with Crippen molar-refractivity contribution in [3.05, 3.63) is 28.9 Å². The molecule has 0 unspecified atom stereocenters. The lowest BCUT2D eigenvalue weighted by atomic mass is 10.3. The van der Waals surface area contributed by atoms with E-state index in [1.54, 1.807) is 13.1 Å². The lowest BCUT2D eigenvalue weighted by molar-refractivity contribution is 0.103. The normalized spacial score (nSPS) is 14.4. The van der Waals surface area contributed by atoms with Crippen molar-refractivity contribution in [2.24, 2.45) is 0 Å². The molecule has 6 nitrogen and oxygen atoms in total. The summed E-state index contributed by atoms with van der Waals surface area (Å²) in [5.74, 6) is 0.647. The number of anilines is 3. The maximum absolute atomic E-state index is 12.4. The summed E-state index contributed by atoms with van der Waals surface area (Å²) < 4.78 is 0. The average molecular weight is 303 g/mol. The zero-order chi connectivity index (χ0) is 14.8. The maximum Gasteiger partial charge on any atom is 0.267 e. The van der Waals surface area contributed by atoms with Crippen molar-refractivity contribution in [2.75, 3.05) is 29.0 Å². The van der Waals surface area contributed by atoms with Gasteiger partial charge in [0.1, 0.15) is 4.88 Å². The van der Waals surface area contributed by atoms with Gasteiger partial charge in [0.25, 0.3) is 5.91 Å². The summed E-state index contributed by atoms with van der Waals surface area (Å²) in [7, 11) is 0. The molecule has 3 N–H and O–H groups in total. The summed E-state index contributed by atoms with van der Waals surface area (Å²) in [5, 5.41) is 3.34. The van der Waals surface area contributed by atoms with Crippen molar-refractivity contribution in [3.8, 4) is 0 Å². The molecule has 1 aliphatic heterocycles. The van der Waals surface area contributed by atoms with E-state index in [-0.39, 0.29) is 5.91 Å². The molecule has 1 aliphatic rings. The van der Waals surface area contributed by atoms with Crippen molar-refractivity contribution in [2.45, 2.75) is 19.8 Å². The predicted octanol–water partition coefficient (Wildman–Crippen LogP) is 2.28. The molecule has 110 valence electrons. The fourth-order valence-electron chi connectivity index (χ4n) is 2.48. The zero-order valence-corrected chi connectivity index (χ0v) is 12.6. The molecular formula is C14H17N5OS. The van der Waals surface area contributed by atoms with Gasteiger partial charge in [-0.3, -0.25) is 4.79 Å². The summed E-state index contributed by atoms with van der Waals surface area (Å²) in [5.41, 5.74) is 7.03. The van der Waals surface area contributed by atoms with Crippen molar-refractivity contribution in [1.29, 1.82) is 0 Å². The number of aromatic nitrogens is 2. The third-order valence-corrected chi connectivity index (χ3v) is 4.45. The molecule has 3 rings (SSSR count). The molecule has 0 saturated carbocycles. The number of thiazole rings is 1. The number of amides is 1. The highest BCUT2D eigenvalue weighted by Crippen LogP contribution is 2.28. The number of rotatable bonds is 3. The lowest BCUT2D eigenvalue weighted by Gasteiger charge is -2.19. The molecule has 0 aliphatic carbocycles. The van der Waals surface area contributed by atoms with Crippen LogP contribution < -0.4 is 16.0 Å². The van der Waals surface area contributed by atoms with Crippen LogP contribution in [0.3, 0.4) is 0 Å². The minimum absolute atomic E-state index is 0.185. The van der Waals surface area contributed by atoms with Crippen molar-refractivity contribution < 1.29 is 4.79 Å².